The first-order valence-corrected chi connectivity index (χ1v) is 10.8. The number of rotatable bonds is 8. The van der Waals surface area contributed by atoms with E-state index >= 15 is 0 Å². The summed E-state index contributed by atoms with van der Waals surface area (Å²) in [5.41, 5.74) is 1.10. The van der Waals surface area contributed by atoms with Crippen LogP contribution in [0.5, 0.6) is 5.75 Å². The Bertz CT molecular complexity index is 992. The van der Waals surface area contributed by atoms with Crippen LogP contribution >= 0.6 is 15.9 Å². The number of sulfonamides is 1. The average molecular weight is 485 g/mol. The van der Waals surface area contributed by atoms with Crippen molar-refractivity contribution >= 4 is 43.5 Å². The van der Waals surface area contributed by atoms with Gasteiger partial charge in [0.25, 0.3) is 0 Å². The molecule has 1 amide bonds. The molecule has 0 heterocycles. The van der Waals surface area contributed by atoms with Crippen LogP contribution in [0.15, 0.2) is 51.8 Å². The van der Waals surface area contributed by atoms with E-state index < -0.39 is 22.0 Å². The maximum atomic E-state index is 12.5. The van der Waals surface area contributed by atoms with Crippen molar-refractivity contribution in [1.29, 1.82) is 0 Å². The fourth-order valence-electron chi connectivity index (χ4n) is 2.40. The van der Waals surface area contributed by atoms with Gasteiger partial charge in [-0.2, -0.15) is 4.72 Å². The summed E-state index contributed by atoms with van der Waals surface area (Å²) in [4.78, 5) is 23.2. The molecule has 2 rings (SSSR count). The zero-order valence-corrected chi connectivity index (χ0v) is 18.5. The van der Waals surface area contributed by atoms with Crippen LogP contribution in [0.2, 0.25) is 0 Å². The zero-order valence-electron chi connectivity index (χ0n) is 16.1. The minimum absolute atomic E-state index is 0.0417. The van der Waals surface area contributed by atoms with Crippen LogP contribution in [-0.4, -0.2) is 33.4 Å². The SMILES string of the molecule is COc1ccc(Br)cc1COC(=O)[C@H](C)NS(=O)(=O)c1ccc(NC(C)=O)cc1. The molecule has 0 aliphatic carbocycles. The number of esters is 1. The molecule has 0 saturated heterocycles. The van der Waals surface area contributed by atoms with Crippen molar-refractivity contribution < 1.29 is 27.5 Å². The molecule has 0 radical (unpaired) electrons. The molecule has 0 bridgehead atoms. The first-order chi connectivity index (χ1) is 13.6. The highest BCUT2D eigenvalue weighted by molar-refractivity contribution is 9.10. The highest BCUT2D eigenvalue weighted by Gasteiger charge is 2.23. The number of anilines is 1. The van der Waals surface area contributed by atoms with E-state index in [9.17, 15) is 18.0 Å². The Morgan fingerprint density at radius 3 is 2.38 bits per heavy atom. The van der Waals surface area contributed by atoms with E-state index in [4.69, 9.17) is 9.47 Å². The van der Waals surface area contributed by atoms with Crippen molar-refractivity contribution in [3.63, 3.8) is 0 Å². The van der Waals surface area contributed by atoms with Crippen LogP contribution in [0, 0.1) is 0 Å². The predicted molar refractivity (Wildman–Crippen MR) is 111 cm³/mol. The molecule has 10 heteroatoms. The van der Waals surface area contributed by atoms with Crippen molar-refractivity contribution in [1.82, 2.24) is 4.72 Å². The highest BCUT2D eigenvalue weighted by atomic mass is 79.9. The summed E-state index contributed by atoms with van der Waals surface area (Å²) in [5.74, 6) is -0.448. The molecule has 2 aromatic rings. The maximum Gasteiger partial charge on any atom is 0.324 e. The number of hydrogen-bond donors (Lipinski definition) is 2. The number of methoxy groups -OCH3 is 1. The minimum atomic E-state index is -3.95. The quantitative estimate of drug-likeness (QED) is 0.557. The zero-order chi connectivity index (χ0) is 21.6. The molecule has 0 unspecified atom stereocenters. The number of carbonyl (C=O) groups is 2. The van der Waals surface area contributed by atoms with Crippen molar-refractivity contribution in [2.75, 3.05) is 12.4 Å². The van der Waals surface area contributed by atoms with Crippen LogP contribution < -0.4 is 14.8 Å². The van der Waals surface area contributed by atoms with Gasteiger partial charge in [0.05, 0.1) is 12.0 Å². The van der Waals surface area contributed by atoms with Crippen LogP contribution in [0.4, 0.5) is 5.69 Å². The highest BCUT2D eigenvalue weighted by Crippen LogP contribution is 2.24. The second-order valence-corrected chi connectivity index (χ2v) is 8.74. The summed E-state index contributed by atoms with van der Waals surface area (Å²) in [6, 6.07) is 9.74. The number of ether oxygens (including phenoxy) is 2. The van der Waals surface area contributed by atoms with Gasteiger partial charge in [0, 0.05) is 22.6 Å². The van der Waals surface area contributed by atoms with Gasteiger partial charge in [-0.25, -0.2) is 8.42 Å². The lowest BCUT2D eigenvalue weighted by molar-refractivity contribution is -0.146. The monoisotopic (exact) mass is 484 g/mol. The second kappa shape index (κ2) is 9.86. The summed E-state index contributed by atoms with van der Waals surface area (Å²) in [7, 11) is -2.45. The summed E-state index contributed by atoms with van der Waals surface area (Å²) in [6.07, 6.45) is 0. The van der Waals surface area contributed by atoms with Gasteiger partial charge in [-0.1, -0.05) is 15.9 Å². The molecule has 0 spiro atoms. The molecule has 0 fully saturated rings. The predicted octanol–water partition coefficient (Wildman–Crippen LogP) is 2.83. The van der Waals surface area contributed by atoms with Gasteiger partial charge in [0.1, 0.15) is 18.4 Å². The number of hydrogen-bond acceptors (Lipinski definition) is 6. The van der Waals surface area contributed by atoms with Gasteiger partial charge in [0.15, 0.2) is 0 Å². The normalized spacial score (nSPS) is 12.1. The molecule has 2 aromatic carbocycles. The van der Waals surface area contributed by atoms with Gasteiger partial charge in [0.2, 0.25) is 15.9 Å². The van der Waals surface area contributed by atoms with E-state index in [-0.39, 0.29) is 17.4 Å². The van der Waals surface area contributed by atoms with Gasteiger partial charge in [-0.15, -0.1) is 0 Å². The minimum Gasteiger partial charge on any atom is -0.496 e. The number of benzene rings is 2. The molecule has 0 aromatic heterocycles. The topological polar surface area (TPSA) is 111 Å². The number of amides is 1. The third-order valence-electron chi connectivity index (χ3n) is 3.78. The number of carbonyl (C=O) groups excluding carboxylic acids is 2. The first kappa shape index (κ1) is 22.9. The fraction of sp³-hybridized carbons (Fsp3) is 0.263. The van der Waals surface area contributed by atoms with E-state index in [1.807, 2.05) is 0 Å². The maximum absolute atomic E-state index is 12.5. The van der Waals surface area contributed by atoms with Crippen LogP contribution in [-0.2, 0) is 31.0 Å². The average Bonchev–Trinajstić information content (AvgIpc) is 2.65. The fourth-order valence-corrected chi connectivity index (χ4v) is 4.00. The molecule has 0 aliphatic heterocycles. The number of halogens is 1. The van der Waals surface area contributed by atoms with Gasteiger partial charge in [-0.05, 0) is 49.4 Å². The molecule has 0 aliphatic rings. The van der Waals surface area contributed by atoms with Gasteiger partial charge < -0.3 is 14.8 Å². The lowest BCUT2D eigenvalue weighted by atomic mass is 10.2. The van der Waals surface area contributed by atoms with Crippen LogP contribution in [0.3, 0.4) is 0 Å². The van der Waals surface area contributed by atoms with Gasteiger partial charge >= 0.3 is 5.97 Å². The Labute approximate surface area is 177 Å². The Hall–Kier alpha value is -2.43. The molecular weight excluding hydrogens is 464 g/mol. The lowest BCUT2D eigenvalue weighted by Crippen LogP contribution is -2.39. The smallest absolute Gasteiger partial charge is 0.324 e. The summed E-state index contributed by atoms with van der Waals surface area (Å²) < 4.78 is 38.4. The molecule has 2 N–H and O–H groups in total. The van der Waals surface area contributed by atoms with Crippen LogP contribution in [0.1, 0.15) is 19.4 Å². The van der Waals surface area contributed by atoms with E-state index in [0.29, 0.717) is 17.0 Å². The van der Waals surface area contributed by atoms with Gasteiger partial charge in [-0.3, -0.25) is 9.59 Å². The Kier molecular flexibility index (Phi) is 7.77. The first-order valence-electron chi connectivity index (χ1n) is 8.51. The summed E-state index contributed by atoms with van der Waals surface area (Å²) in [5, 5.41) is 2.55. The molecule has 0 saturated carbocycles. The van der Waals surface area contributed by atoms with Crippen molar-refractivity contribution in [2.24, 2.45) is 0 Å². The summed E-state index contributed by atoms with van der Waals surface area (Å²) >= 11 is 3.33. The van der Waals surface area contributed by atoms with Crippen molar-refractivity contribution in [3.05, 3.63) is 52.5 Å². The Morgan fingerprint density at radius 1 is 1.14 bits per heavy atom. The standard InChI is InChI=1S/C19H21BrN2O6S/c1-12(19(24)28-11-14-10-15(20)4-9-18(14)27-3)22-29(25,26)17-7-5-16(6-8-17)21-13(2)23/h4-10,12,22H,11H2,1-3H3,(H,21,23)/t12-/m0/s1. The molecular formula is C19H21BrN2O6S. The second-order valence-electron chi connectivity index (χ2n) is 6.11. The largest absolute Gasteiger partial charge is 0.496 e. The van der Waals surface area contributed by atoms with E-state index in [1.54, 1.807) is 18.2 Å². The van der Waals surface area contributed by atoms with Crippen molar-refractivity contribution in [3.8, 4) is 5.75 Å². The number of nitrogens with one attached hydrogen (secondary N) is 2. The third kappa shape index (κ3) is 6.55. The van der Waals surface area contributed by atoms with E-state index in [1.165, 1.54) is 45.2 Å². The van der Waals surface area contributed by atoms with E-state index in [0.717, 1.165) is 4.47 Å². The lowest BCUT2D eigenvalue weighted by Gasteiger charge is -2.15. The van der Waals surface area contributed by atoms with Crippen molar-refractivity contribution in [2.45, 2.75) is 31.4 Å². The summed E-state index contributed by atoms with van der Waals surface area (Å²) in [6.45, 7) is 2.67. The molecule has 29 heavy (non-hydrogen) atoms. The molecule has 1 atom stereocenters. The van der Waals surface area contributed by atoms with Crippen LogP contribution in [0.25, 0.3) is 0 Å². The van der Waals surface area contributed by atoms with E-state index in [2.05, 4.69) is 26.0 Å². The molecule has 8 nitrogen and oxygen atoms in total. The molecule has 156 valence electrons. The Balaban J connectivity index is 2.01. The third-order valence-corrected chi connectivity index (χ3v) is 5.83. The Morgan fingerprint density at radius 2 is 1.79 bits per heavy atom.